The van der Waals surface area contributed by atoms with Crippen molar-refractivity contribution < 1.29 is 17.9 Å². The topological polar surface area (TPSA) is 98.5 Å². The molecule has 1 aromatic rings. The average molecular weight is 310 g/mol. The number of carbonyl (C=O) groups excluding carboxylic acids is 1. The number of methoxy groups -OCH3 is 1. The summed E-state index contributed by atoms with van der Waals surface area (Å²) in [5.74, 6) is 1.75. The summed E-state index contributed by atoms with van der Waals surface area (Å²) >= 11 is 0. The van der Waals surface area contributed by atoms with Gasteiger partial charge in [-0.15, -0.1) is 12.3 Å². The van der Waals surface area contributed by atoms with E-state index < -0.39 is 16.0 Å². The fourth-order valence-corrected chi connectivity index (χ4v) is 2.98. The maximum absolute atomic E-state index is 12.2. The van der Waals surface area contributed by atoms with E-state index in [-0.39, 0.29) is 22.7 Å². The molecule has 0 unspecified atom stereocenters. The van der Waals surface area contributed by atoms with Crippen molar-refractivity contribution in [3.05, 3.63) is 23.8 Å². The second kappa shape index (κ2) is 7.67. The number of unbranched alkanes of at least 4 members (excludes halogenated alkanes) is 2. The van der Waals surface area contributed by atoms with Gasteiger partial charge in [-0.1, -0.05) is 0 Å². The molecule has 0 heterocycles. The number of nitrogens with one attached hydrogen (secondary N) is 1. The van der Waals surface area contributed by atoms with Gasteiger partial charge in [-0.2, -0.15) is 0 Å². The van der Waals surface area contributed by atoms with Crippen LogP contribution in [0.25, 0.3) is 0 Å². The Morgan fingerprint density at radius 3 is 2.76 bits per heavy atom. The van der Waals surface area contributed by atoms with Crippen LogP contribution < -0.4 is 10.5 Å². The van der Waals surface area contributed by atoms with Gasteiger partial charge in [0, 0.05) is 18.7 Å². The molecular weight excluding hydrogens is 292 g/mol. The Morgan fingerprint density at radius 1 is 1.43 bits per heavy atom. The molecule has 1 rings (SSSR count). The molecule has 114 valence electrons. The van der Waals surface area contributed by atoms with Crippen LogP contribution in [-0.4, -0.2) is 28.0 Å². The zero-order chi connectivity index (χ0) is 15.9. The van der Waals surface area contributed by atoms with E-state index in [9.17, 15) is 13.2 Å². The third-order valence-corrected chi connectivity index (χ3v) is 4.24. The van der Waals surface area contributed by atoms with Crippen molar-refractivity contribution in [3.8, 4) is 12.3 Å². The molecule has 0 aliphatic heterocycles. The van der Waals surface area contributed by atoms with Crippen LogP contribution in [0.4, 0.5) is 5.69 Å². The highest BCUT2D eigenvalue weighted by atomic mass is 32.2. The van der Waals surface area contributed by atoms with Crippen molar-refractivity contribution in [2.45, 2.75) is 24.2 Å². The normalized spacial score (nSPS) is 10.9. The van der Waals surface area contributed by atoms with E-state index in [0.29, 0.717) is 12.8 Å². The summed E-state index contributed by atoms with van der Waals surface area (Å²) in [6, 6.07) is 4.00. The predicted molar refractivity (Wildman–Crippen MR) is 80.1 cm³/mol. The van der Waals surface area contributed by atoms with E-state index >= 15 is 0 Å². The smallest absolute Gasteiger partial charge is 0.339 e. The van der Waals surface area contributed by atoms with Crippen LogP contribution in [0.3, 0.4) is 0 Å². The summed E-state index contributed by atoms with van der Waals surface area (Å²) in [6.45, 7) is 0.236. The standard InChI is InChI=1S/C14H18N2O4S/c1-3-4-5-6-9-16-21(18,19)13-10-11(15)7-8-12(13)14(17)20-2/h1,7-8,10,16H,4-6,9,15H2,2H3. The molecule has 3 N–H and O–H groups in total. The highest BCUT2D eigenvalue weighted by Crippen LogP contribution is 2.20. The van der Waals surface area contributed by atoms with Crippen molar-refractivity contribution in [1.82, 2.24) is 4.72 Å². The second-order valence-electron chi connectivity index (χ2n) is 4.31. The number of ether oxygens (including phenoxy) is 1. The first-order chi connectivity index (χ1) is 9.92. The Hall–Kier alpha value is -2.04. The van der Waals surface area contributed by atoms with Crippen LogP contribution in [-0.2, 0) is 14.8 Å². The molecule has 21 heavy (non-hydrogen) atoms. The van der Waals surface area contributed by atoms with Gasteiger partial charge in [-0.3, -0.25) is 0 Å². The zero-order valence-electron chi connectivity index (χ0n) is 11.8. The van der Waals surface area contributed by atoms with Gasteiger partial charge in [0.15, 0.2) is 0 Å². The summed E-state index contributed by atoms with van der Waals surface area (Å²) in [4.78, 5) is 11.4. The number of nitrogens with two attached hydrogens (primary N) is 1. The minimum absolute atomic E-state index is 0.0529. The van der Waals surface area contributed by atoms with E-state index in [1.165, 1.54) is 25.3 Å². The highest BCUT2D eigenvalue weighted by molar-refractivity contribution is 7.89. The van der Waals surface area contributed by atoms with Gasteiger partial charge < -0.3 is 10.5 Å². The van der Waals surface area contributed by atoms with Crippen LogP contribution in [0.5, 0.6) is 0 Å². The minimum atomic E-state index is -3.84. The van der Waals surface area contributed by atoms with Crippen LogP contribution in [0, 0.1) is 12.3 Å². The molecule has 0 bridgehead atoms. The summed E-state index contributed by atoms with van der Waals surface area (Å²) < 4.78 is 31.5. The number of esters is 1. The number of benzene rings is 1. The first kappa shape index (κ1) is 17.0. The maximum atomic E-state index is 12.2. The predicted octanol–water partition coefficient (Wildman–Crippen LogP) is 1.14. The number of nitrogen functional groups attached to an aromatic ring is 1. The molecule has 0 aliphatic rings. The molecule has 7 heteroatoms. The summed E-state index contributed by atoms with van der Waals surface area (Å²) in [5, 5.41) is 0. The lowest BCUT2D eigenvalue weighted by atomic mass is 10.2. The number of rotatable bonds is 7. The lowest BCUT2D eigenvalue weighted by Crippen LogP contribution is -2.27. The first-order valence-electron chi connectivity index (χ1n) is 6.33. The van der Waals surface area contributed by atoms with E-state index in [4.69, 9.17) is 12.2 Å². The van der Waals surface area contributed by atoms with Gasteiger partial charge in [-0.05, 0) is 31.0 Å². The third kappa shape index (κ3) is 4.77. The molecule has 0 aliphatic carbocycles. The fourth-order valence-electron chi connectivity index (χ4n) is 1.68. The second-order valence-corrected chi connectivity index (χ2v) is 6.04. The highest BCUT2D eigenvalue weighted by Gasteiger charge is 2.22. The molecule has 6 nitrogen and oxygen atoms in total. The molecule has 0 spiro atoms. The Labute approximate surface area is 124 Å². The molecule has 0 saturated carbocycles. The number of terminal acetylenes is 1. The molecule has 0 fully saturated rings. The van der Waals surface area contributed by atoms with Crippen molar-refractivity contribution in [2.75, 3.05) is 19.4 Å². The Kier molecular flexibility index (Phi) is 6.21. The molecule has 0 radical (unpaired) electrons. The average Bonchev–Trinajstić information content (AvgIpc) is 2.46. The van der Waals surface area contributed by atoms with Crippen LogP contribution in [0.1, 0.15) is 29.6 Å². The molecular formula is C14H18N2O4S. The van der Waals surface area contributed by atoms with Gasteiger partial charge in [0.1, 0.15) is 0 Å². The van der Waals surface area contributed by atoms with E-state index in [2.05, 4.69) is 15.4 Å². The number of anilines is 1. The first-order valence-corrected chi connectivity index (χ1v) is 7.81. The summed E-state index contributed by atoms with van der Waals surface area (Å²) in [5.41, 5.74) is 5.79. The Morgan fingerprint density at radius 2 is 2.14 bits per heavy atom. The summed E-state index contributed by atoms with van der Waals surface area (Å²) in [6.07, 6.45) is 7.04. The quantitative estimate of drug-likeness (QED) is 0.340. The summed E-state index contributed by atoms with van der Waals surface area (Å²) in [7, 11) is -2.66. The van der Waals surface area contributed by atoms with Gasteiger partial charge in [0.25, 0.3) is 0 Å². The van der Waals surface area contributed by atoms with Crippen molar-refractivity contribution in [3.63, 3.8) is 0 Å². The van der Waals surface area contributed by atoms with Crippen LogP contribution >= 0.6 is 0 Å². The lowest BCUT2D eigenvalue weighted by Gasteiger charge is -2.11. The van der Waals surface area contributed by atoms with Crippen molar-refractivity contribution in [1.29, 1.82) is 0 Å². The Balaban J connectivity index is 2.94. The maximum Gasteiger partial charge on any atom is 0.339 e. The Bertz CT molecular complexity index is 647. The third-order valence-electron chi connectivity index (χ3n) is 2.74. The zero-order valence-corrected chi connectivity index (χ0v) is 12.6. The number of hydrogen-bond donors (Lipinski definition) is 2. The van der Waals surface area contributed by atoms with Crippen molar-refractivity contribution >= 4 is 21.7 Å². The number of sulfonamides is 1. The monoisotopic (exact) mass is 310 g/mol. The van der Waals surface area contributed by atoms with E-state index in [1.807, 2.05) is 0 Å². The largest absolute Gasteiger partial charge is 0.465 e. The van der Waals surface area contributed by atoms with E-state index in [1.54, 1.807) is 0 Å². The van der Waals surface area contributed by atoms with E-state index in [0.717, 1.165) is 6.42 Å². The van der Waals surface area contributed by atoms with Gasteiger partial charge >= 0.3 is 5.97 Å². The minimum Gasteiger partial charge on any atom is -0.465 e. The molecule has 0 saturated heterocycles. The van der Waals surface area contributed by atoms with Gasteiger partial charge in [0.05, 0.1) is 17.6 Å². The van der Waals surface area contributed by atoms with Crippen LogP contribution in [0.2, 0.25) is 0 Å². The SMILES string of the molecule is C#CCCCCNS(=O)(=O)c1cc(N)ccc1C(=O)OC. The number of hydrogen-bond acceptors (Lipinski definition) is 5. The van der Waals surface area contributed by atoms with Gasteiger partial charge in [-0.25, -0.2) is 17.9 Å². The lowest BCUT2D eigenvalue weighted by molar-refractivity contribution is 0.0596. The fraction of sp³-hybridized carbons (Fsp3) is 0.357. The molecule has 1 aromatic carbocycles. The van der Waals surface area contributed by atoms with Gasteiger partial charge in [0.2, 0.25) is 10.0 Å². The van der Waals surface area contributed by atoms with Crippen LogP contribution in [0.15, 0.2) is 23.1 Å². The molecule has 0 amide bonds. The number of carbonyl (C=O) groups is 1. The van der Waals surface area contributed by atoms with Crippen molar-refractivity contribution in [2.24, 2.45) is 0 Å². The molecule has 0 atom stereocenters. The molecule has 0 aromatic heterocycles.